The molecule has 3 saturated heterocycles. The Labute approximate surface area is 217 Å². The van der Waals surface area contributed by atoms with Gasteiger partial charge < -0.3 is 19.9 Å². The lowest BCUT2D eigenvalue weighted by molar-refractivity contribution is -0.138. The van der Waals surface area contributed by atoms with Gasteiger partial charge in [-0.25, -0.2) is 0 Å². The smallest absolute Gasteiger partial charge is 0.251 e. The number of carbonyl (C=O) groups is 3. The lowest BCUT2D eigenvalue weighted by Gasteiger charge is -2.36. The molecule has 3 heterocycles. The fraction of sp³-hybridized carbons (Fsp3) is 0.654. The van der Waals surface area contributed by atoms with Gasteiger partial charge in [0, 0.05) is 48.9 Å². The molecule has 0 saturated carbocycles. The number of rotatable bonds is 9. The number of carbonyl (C=O) groups excluding carboxylic acids is 3. The fourth-order valence-corrected chi connectivity index (χ4v) is 5.53. The highest BCUT2D eigenvalue weighted by Gasteiger charge is 2.53. The molecule has 0 spiro atoms. The number of likely N-dealkylation sites (tertiary alicyclic amines) is 1. The Morgan fingerprint density at radius 2 is 1.89 bits per heavy atom. The third-order valence-electron chi connectivity index (χ3n) is 7.36. The van der Waals surface area contributed by atoms with Crippen LogP contribution in [0, 0.1) is 5.92 Å². The summed E-state index contributed by atoms with van der Waals surface area (Å²) in [5, 5.41) is 6.63. The third-order valence-corrected chi connectivity index (χ3v) is 7.36. The van der Waals surface area contributed by atoms with E-state index < -0.39 is 24.2 Å². The van der Waals surface area contributed by atoms with Gasteiger partial charge in [-0.05, 0) is 55.1 Å². The average Bonchev–Trinajstić information content (AvgIpc) is 3.44. The van der Waals surface area contributed by atoms with Gasteiger partial charge >= 0.3 is 0 Å². The van der Waals surface area contributed by atoms with Gasteiger partial charge in [0.15, 0.2) is 5.78 Å². The summed E-state index contributed by atoms with van der Waals surface area (Å²) >= 11 is 0. The largest absolute Gasteiger partial charge is 0.369 e. The number of ether oxygens (including phenoxy) is 1. The molecule has 0 bridgehead atoms. The Balaban J connectivity index is 1.43. The number of hydrogen-bond donors (Lipinski definition) is 1. The van der Waals surface area contributed by atoms with Crippen LogP contribution in [0.5, 0.6) is 0 Å². The lowest BCUT2D eigenvalue weighted by Crippen LogP contribution is -2.52. The first-order valence-electron chi connectivity index (χ1n) is 13.2. The quantitative estimate of drug-likeness (QED) is 0.307. The van der Waals surface area contributed by atoms with E-state index in [1.807, 2.05) is 26.0 Å². The lowest BCUT2D eigenvalue weighted by atomic mass is 10.0. The molecule has 1 aromatic rings. The van der Waals surface area contributed by atoms with Crippen LogP contribution >= 0.6 is 0 Å². The van der Waals surface area contributed by atoms with Crippen molar-refractivity contribution in [2.24, 2.45) is 11.0 Å². The molecule has 11 heteroatoms. The SMILES string of the molecule is CCCN1CCN(c2ccc(C(=O)NC(CC(C)C)C(=O)N3CC(N=[N+]=[N-])C4OCC(=O)C43)cc2)CC1. The second-order valence-corrected chi connectivity index (χ2v) is 10.5. The van der Waals surface area contributed by atoms with Crippen LogP contribution in [0.25, 0.3) is 10.4 Å². The molecule has 3 aliphatic heterocycles. The van der Waals surface area contributed by atoms with Gasteiger partial charge in [-0.2, -0.15) is 0 Å². The van der Waals surface area contributed by atoms with Crippen LogP contribution in [-0.4, -0.2) is 97.5 Å². The molecule has 37 heavy (non-hydrogen) atoms. The van der Waals surface area contributed by atoms with Crippen LogP contribution in [0.1, 0.15) is 44.0 Å². The Hall–Kier alpha value is -3.14. The molecule has 3 fully saturated rings. The highest BCUT2D eigenvalue weighted by molar-refractivity contribution is 5.99. The molecule has 4 rings (SSSR count). The second-order valence-electron chi connectivity index (χ2n) is 10.5. The zero-order chi connectivity index (χ0) is 26.5. The van der Waals surface area contributed by atoms with E-state index in [1.54, 1.807) is 12.1 Å². The van der Waals surface area contributed by atoms with Crippen molar-refractivity contribution in [3.05, 3.63) is 40.3 Å². The van der Waals surface area contributed by atoms with Crippen LogP contribution in [0.2, 0.25) is 0 Å². The number of Topliss-reactive ketones (excluding diaryl/α,β-unsaturated/α-hetero) is 1. The van der Waals surface area contributed by atoms with E-state index in [-0.39, 0.29) is 36.7 Å². The maximum atomic E-state index is 13.6. The van der Waals surface area contributed by atoms with Crippen molar-refractivity contribution in [3.63, 3.8) is 0 Å². The van der Waals surface area contributed by atoms with Crippen molar-refractivity contribution in [1.29, 1.82) is 0 Å². The molecule has 3 aliphatic rings. The number of ketones is 1. The van der Waals surface area contributed by atoms with E-state index in [1.165, 1.54) is 4.90 Å². The van der Waals surface area contributed by atoms with Crippen LogP contribution in [0.15, 0.2) is 29.4 Å². The molecule has 0 radical (unpaired) electrons. The van der Waals surface area contributed by atoms with Crippen molar-refractivity contribution < 1.29 is 19.1 Å². The summed E-state index contributed by atoms with van der Waals surface area (Å²) in [7, 11) is 0. The Morgan fingerprint density at radius 3 is 2.51 bits per heavy atom. The first kappa shape index (κ1) is 26.9. The van der Waals surface area contributed by atoms with Gasteiger partial charge in [-0.3, -0.25) is 19.3 Å². The van der Waals surface area contributed by atoms with Crippen LogP contribution < -0.4 is 10.2 Å². The van der Waals surface area contributed by atoms with E-state index in [0.717, 1.165) is 44.8 Å². The van der Waals surface area contributed by atoms with Gasteiger partial charge in [-0.15, -0.1) is 0 Å². The topological polar surface area (TPSA) is 131 Å². The number of nitrogens with zero attached hydrogens (tertiary/aromatic N) is 6. The minimum atomic E-state index is -0.808. The third kappa shape index (κ3) is 6.06. The summed E-state index contributed by atoms with van der Waals surface area (Å²) in [6.45, 7) is 11.2. The van der Waals surface area contributed by atoms with Crippen LogP contribution in [-0.2, 0) is 14.3 Å². The molecule has 2 amide bonds. The molecule has 1 aromatic carbocycles. The zero-order valence-electron chi connectivity index (χ0n) is 21.9. The monoisotopic (exact) mass is 511 g/mol. The van der Waals surface area contributed by atoms with Crippen molar-refractivity contribution >= 4 is 23.3 Å². The Kier molecular flexibility index (Phi) is 8.68. The average molecular weight is 512 g/mol. The van der Waals surface area contributed by atoms with E-state index in [4.69, 9.17) is 10.3 Å². The Morgan fingerprint density at radius 1 is 1.19 bits per heavy atom. The molecular weight excluding hydrogens is 474 g/mol. The van der Waals surface area contributed by atoms with Crippen LogP contribution in [0.4, 0.5) is 5.69 Å². The number of amides is 2. The number of hydrogen-bond acceptors (Lipinski definition) is 7. The van der Waals surface area contributed by atoms with E-state index >= 15 is 0 Å². The van der Waals surface area contributed by atoms with Gasteiger partial charge in [0.25, 0.3) is 5.91 Å². The Bertz CT molecular complexity index is 1030. The number of azide groups is 1. The molecule has 4 unspecified atom stereocenters. The zero-order valence-corrected chi connectivity index (χ0v) is 21.9. The highest BCUT2D eigenvalue weighted by atomic mass is 16.5. The van der Waals surface area contributed by atoms with Crippen molar-refractivity contribution in [3.8, 4) is 0 Å². The van der Waals surface area contributed by atoms with Crippen molar-refractivity contribution in [1.82, 2.24) is 15.1 Å². The maximum absolute atomic E-state index is 13.6. The second kappa shape index (κ2) is 11.9. The molecule has 1 N–H and O–H groups in total. The number of fused-ring (bicyclic) bond motifs is 1. The predicted molar refractivity (Wildman–Crippen MR) is 139 cm³/mol. The molecule has 0 aliphatic carbocycles. The predicted octanol–water partition coefficient (Wildman–Crippen LogP) is 2.22. The first-order chi connectivity index (χ1) is 17.8. The molecule has 200 valence electrons. The normalized spacial score (nSPS) is 24.6. The summed E-state index contributed by atoms with van der Waals surface area (Å²) in [4.78, 5) is 48.3. The summed E-state index contributed by atoms with van der Waals surface area (Å²) < 4.78 is 5.52. The van der Waals surface area contributed by atoms with Gasteiger partial charge in [-0.1, -0.05) is 25.9 Å². The molecule has 11 nitrogen and oxygen atoms in total. The molecule has 4 atom stereocenters. The summed E-state index contributed by atoms with van der Waals surface area (Å²) in [5.74, 6) is -0.776. The molecular formula is C26H37N7O4. The standard InChI is InChI=1S/C26H37N7O4/c1-4-9-31-10-12-32(13-11-31)19-7-5-18(6-8-19)25(35)28-20(14-17(2)3)26(36)33-15-21(29-30-27)24-23(33)22(34)16-37-24/h5-8,17,20-21,23-24H,4,9-16H2,1-3H3,(H,28,35). The summed E-state index contributed by atoms with van der Waals surface area (Å²) in [5.41, 5.74) is 10.5. The van der Waals surface area contributed by atoms with E-state index in [9.17, 15) is 14.4 Å². The van der Waals surface area contributed by atoms with Crippen LogP contribution in [0.3, 0.4) is 0 Å². The van der Waals surface area contributed by atoms with Crippen molar-refractivity contribution in [2.45, 2.75) is 57.8 Å². The number of benzene rings is 1. The number of nitrogens with one attached hydrogen (secondary N) is 1. The molecule has 0 aromatic heterocycles. The fourth-order valence-electron chi connectivity index (χ4n) is 5.53. The summed E-state index contributed by atoms with van der Waals surface area (Å²) in [6.07, 6.45) is 0.931. The van der Waals surface area contributed by atoms with E-state index in [0.29, 0.717) is 12.0 Å². The number of anilines is 1. The highest BCUT2D eigenvalue weighted by Crippen LogP contribution is 2.30. The minimum Gasteiger partial charge on any atom is -0.369 e. The van der Waals surface area contributed by atoms with E-state index in [2.05, 4.69) is 32.1 Å². The number of piperazine rings is 1. The van der Waals surface area contributed by atoms with Gasteiger partial charge in [0.05, 0.1) is 12.1 Å². The summed E-state index contributed by atoms with van der Waals surface area (Å²) in [6, 6.07) is 5.26. The maximum Gasteiger partial charge on any atom is 0.251 e. The van der Waals surface area contributed by atoms with Crippen molar-refractivity contribution in [2.75, 3.05) is 50.8 Å². The van der Waals surface area contributed by atoms with Gasteiger partial charge in [0.2, 0.25) is 5.91 Å². The minimum absolute atomic E-state index is 0.0919. The van der Waals surface area contributed by atoms with Gasteiger partial charge in [0.1, 0.15) is 18.7 Å². The first-order valence-corrected chi connectivity index (χ1v) is 13.2.